The molecule has 104 valence electrons. The van der Waals surface area contributed by atoms with Crippen molar-refractivity contribution in [1.82, 2.24) is 0 Å². The van der Waals surface area contributed by atoms with E-state index in [2.05, 4.69) is 11.9 Å². The van der Waals surface area contributed by atoms with Crippen LogP contribution in [0.25, 0.3) is 0 Å². The van der Waals surface area contributed by atoms with Gasteiger partial charge in [-0.1, -0.05) is 43.1 Å². The zero-order valence-electron chi connectivity index (χ0n) is 11.4. The number of halogens is 1. The Morgan fingerprint density at radius 3 is 2.68 bits per heavy atom. The lowest BCUT2D eigenvalue weighted by molar-refractivity contribution is 0.362. The van der Waals surface area contributed by atoms with Gasteiger partial charge in [-0.15, -0.1) is 0 Å². The largest absolute Gasteiger partial charge is 0.389 e. The summed E-state index contributed by atoms with van der Waals surface area (Å²) in [5.74, 6) is 0.775. The molecule has 0 aliphatic heterocycles. The standard InChI is InChI=1S/C15H21ClN2S/c1-18(10-11-5-3-2-4-6-11)14-9-12(16)7-8-13(14)15(17)19/h7-9,11H,2-6,10H2,1H3,(H2,17,19). The van der Waals surface area contributed by atoms with Crippen molar-refractivity contribution in [2.45, 2.75) is 32.1 Å². The second kappa shape index (κ2) is 6.58. The smallest absolute Gasteiger partial charge is 0.106 e. The lowest BCUT2D eigenvalue weighted by Crippen LogP contribution is -2.28. The van der Waals surface area contributed by atoms with Crippen LogP contribution in [0.15, 0.2) is 18.2 Å². The van der Waals surface area contributed by atoms with Gasteiger partial charge in [-0.2, -0.15) is 0 Å². The summed E-state index contributed by atoms with van der Waals surface area (Å²) in [6.07, 6.45) is 6.75. The molecule has 2 N–H and O–H groups in total. The first-order valence-electron chi connectivity index (χ1n) is 6.88. The molecule has 0 aromatic heterocycles. The van der Waals surface area contributed by atoms with Crippen LogP contribution in [0.4, 0.5) is 5.69 Å². The molecule has 0 heterocycles. The molecule has 19 heavy (non-hydrogen) atoms. The Hall–Kier alpha value is -0.800. The average Bonchev–Trinajstić information content (AvgIpc) is 2.39. The number of benzene rings is 1. The quantitative estimate of drug-likeness (QED) is 0.852. The molecule has 0 radical (unpaired) electrons. The fourth-order valence-corrected chi connectivity index (χ4v) is 3.22. The third-order valence-corrected chi connectivity index (χ3v) is 4.35. The van der Waals surface area contributed by atoms with Crippen molar-refractivity contribution >= 4 is 34.5 Å². The van der Waals surface area contributed by atoms with E-state index in [-0.39, 0.29) is 0 Å². The van der Waals surface area contributed by atoms with Gasteiger partial charge in [0.1, 0.15) is 4.99 Å². The summed E-state index contributed by atoms with van der Waals surface area (Å²) >= 11 is 11.2. The van der Waals surface area contributed by atoms with Crippen LogP contribution >= 0.6 is 23.8 Å². The van der Waals surface area contributed by atoms with Gasteiger partial charge in [0.25, 0.3) is 0 Å². The highest BCUT2D eigenvalue weighted by Gasteiger charge is 2.17. The van der Waals surface area contributed by atoms with Crippen molar-refractivity contribution in [1.29, 1.82) is 0 Å². The number of hydrogen-bond donors (Lipinski definition) is 1. The Kier molecular flexibility index (Phi) is 5.06. The number of rotatable bonds is 4. The van der Waals surface area contributed by atoms with Gasteiger partial charge in [0.05, 0.1) is 0 Å². The maximum absolute atomic E-state index is 6.10. The maximum Gasteiger partial charge on any atom is 0.106 e. The molecule has 1 aliphatic carbocycles. The molecule has 1 aromatic rings. The van der Waals surface area contributed by atoms with Gasteiger partial charge in [0, 0.05) is 29.9 Å². The molecule has 0 atom stereocenters. The molecule has 1 aliphatic rings. The molecule has 0 amide bonds. The molecule has 1 saturated carbocycles. The summed E-state index contributed by atoms with van der Waals surface area (Å²) in [7, 11) is 2.10. The molecule has 2 nitrogen and oxygen atoms in total. The van der Waals surface area contributed by atoms with Crippen LogP contribution in [-0.4, -0.2) is 18.6 Å². The summed E-state index contributed by atoms with van der Waals surface area (Å²) < 4.78 is 0. The zero-order chi connectivity index (χ0) is 13.8. The molecule has 0 unspecified atom stereocenters. The fraction of sp³-hybridized carbons (Fsp3) is 0.533. The van der Waals surface area contributed by atoms with Crippen LogP contribution in [0.3, 0.4) is 0 Å². The number of thiocarbonyl (C=S) groups is 1. The molecular weight excluding hydrogens is 276 g/mol. The van der Waals surface area contributed by atoms with E-state index < -0.39 is 0 Å². The van der Waals surface area contributed by atoms with Gasteiger partial charge in [0.2, 0.25) is 0 Å². The topological polar surface area (TPSA) is 29.3 Å². The van der Waals surface area contributed by atoms with Crippen molar-refractivity contribution in [3.63, 3.8) is 0 Å². The highest BCUT2D eigenvalue weighted by Crippen LogP contribution is 2.29. The van der Waals surface area contributed by atoms with Crippen molar-refractivity contribution < 1.29 is 0 Å². The first-order valence-corrected chi connectivity index (χ1v) is 7.67. The first kappa shape index (κ1) is 14.6. The van der Waals surface area contributed by atoms with Gasteiger partial charge in [-0.05, 0) is 37.0 Å². The minimum absolute atomic E-state index is 0.433. The highest BCUT2D eigenvalue weighted by molar-refractivity contribution is 7.80. The second-order valence-electron chi connectivity index (χ2n) is 5.41. The normalized spacial score (nSPS) is 16.3. The van der Waals surface area contributed by atoms with E-state index in [4.69, 9.17) is 29.6 Å². The fourth-order valence-electron chi connectivity index (χ4n) is 2.88. The molecule has 1 aromatic carbocycles. The van der Waals surface area contributed by atoms with Crippen LogP contribution in [0.1, 0.15) is 37.7 Å². The molecule has 1 fully saturated rings. The monoisotopic (exact) mass is 296 g/mol. The third kappa shape index (κ3) is 3.83. The van der Waals surface area contributed by atoms with Crippen molar-refractivity contribution in [2.75, 3.05) is 18.5 Å². The van der Waals surface area contributed by atoms with Crippen LogP contribution < -0.4 is 10.6 Å². The number of anilines is 1. The van der Waals surface area contributed by atoms with Gasteiger partial charge in [0.15, 0.2) is 0 Å². The summed E-state index contributed by atoms with van der Waals surface area (Å²) in [6, 6.07) is 5.71. The van der Waals surface area contributed by atoms with E-state index in [0.717, 1.165) is 28.7 Å². The van der Waals surface area contributed by atoms with Crippen LogP contribution in [-0.2, 0) is 0 Å². The van der Waals surface area contributed by atoms with Crippen LogP contribution in [0.5, 0.6) is 0 Å². The summed E-state index contributed by atoms with van der Waals surface area (Å²) in [6.45, 7) is 1.05. The van der Waals surface area contributed by atoms with E-state index in [1.165, 1.54) is 32.1 Å². The highest BCUT2D eigenvalue weighted by atomic mass is 35.5. The lowest BCUT2D eigenvalue weighted by Gasteiger charge is -2.29. The van der Waals surface area contributed by atoms with Crippen LogP contribution in [0.2, 0.25) is 5.02 Å². The van der Waals surface area contributed by atoms with Crippen LogP contribution in [0, 0.1) is 5.92 Å². The number of hydrogen-bond acceptors (Lipinski definition) is 2. The van der Waals surface area contributed by atoms with E-state index >= 15 is 0 Å². The minimum Gasteiger partial charge on any atom is -0.389 e. The van der Waals surface area contributed by atoms with E-state index in [0.29, 0.717) is 4.99 Å². The number of nitrogens with zero attached hydrogens (tertiary/aromatic N) is 1. The Morgan fingerprint density at radius 2 is 2.05 bits per heavy atom. The zero-order valence-corrected chi connectivity index (χ0v) is 12.9. The lowest BCUT2D eigenvalue weighted by atomic mass is 9.89. The first-order chi connectivity index (χ1) is 9.08. The average molecular weight is 297 g/mol. The Morgan fingerprint density at radius 1 is 1.37 bits per heavy atom. The Balaban J connectivity index is 2.14. The van der Waals surface area contributed by atoms with Crippen molar-refractivity contribution in [2.24, 2.45) is 11.7 Å². The minimum atomic E-state index is 0.433. The van der Waals surface area contributed by atoms with Gasteiger partial charge in [-0.25, -0.2) is 0 Å². The molecule has 0 bridgehead atoms. The van der Waals surface area contributed by atoms with E-state index in [1.54, 1.807) is 0 Å². The summed E-state index contributed by atoms with van der Waals surface area (Å²) in [5.41, 5.74) is 7.76. The summed E-state index contributed by atoms with van der Waals surface area (Å²) in [4.78, 5) is 2.68. The molecule has 0 saturated heterocycles. The molecule has 0 spiro atoms. The maximum atomic E-state index is 6.10. The summed E-state index contributed by atoms with van der Waals surface area (Å²) in [5, 5.41) is 0.727. The Bertz CT molecular complexity index is 455. The van der Waals surface area contributed by atoms with Crippen molar-refractivity contribution in [3.05, 3.63) is 28.8 Å². The number of nitrogens with two attached hydrogens (primary N) is 1. The second-order valence-corrected chi connectivity index (χ2v) is 6.29. The van der Waals surface area contributed by atoms with Gasteiger partial charge in [-0.3, -0.25) is 0 Å². The van der Waals surface area contributed by atoms with E-state index in [9.17, 15) is 0 Å². The SMILES string of the molecule is CN(CC1CCCCC1)c1cc(Cl)ccc1C(N)=S. The van der Waals surface area contributed by atoms with E-state index in [1.807, 2.05) is 18.2 Å². The van der Waals surface area contributed by atoms with Gasteiger partial charge < -0.3 is 10.6 Å². The Labute approximate surface area is 125 Å². The predicted molar refractivity (Wildman–Crippen MR) is 87.2 cm³/mol. The molecule has 4 heteroatoms. The predicted octanol–water partition coefficient (Wildman–Crippen LogP) is 3.99. The third-order valence-electron chi connectivity index (χ3n) is 3.89. The molecular formula is C15H21ClN2S. The van der Waals surface area contributed by atoms with Crippen molar-refractivity contribution in [3.8, 4) is 0 Å². The van der Waals surface area contributed by atoms with Gasteiger partial charge >= 0.3 is 0 Å². The molecule has 2 rings (SSSR count).